The van der Waals surface area contributed by atoms with Gasteiger partial charge in [-0.1, -0.05) is 33.1 Å². The molecule has 1 N–H and O–H groups in total. The summed E-state index contributed by atoms with van der Waals surface area (Å²) in [7, 11) is 1.37. The molecule has 0 rings (SSSR count). The highest BCUT2D eigenvalue weighted by Crippen LogP contribution is 2.18. The molecule has 0 aromatic carbocycles. The number of hydrogen-bond acceptors (Lipinski definition) is 3. The molecule has 0 aliphatic rings. The Morgan fingerprint density at radius 1 is 1.29 bits per heavy atom. The number of carbonyl (C=O) groups is 1. The maximum atomic E-state index is 11.4. The summed E-state index contributed by atoms with van der Waals surface area (Å²) in [5.41, 5.74) is 0. The van der Waals surface area contributed by atoms with Gasteiger partial charge in [-0.3, -0.25) is 4.79 Å². The molecule has 0 spiro atoms. The number of unbranched alkanes of at least 4 members (excludes halogenated alkanes) is 1. The van der Waals surface area contributed by atoms with Gasteiger partial charge in [0.2, 0.25) is 0 Å². The molecule has 2 atom stereocenters. The molecule has 0 bridgehead atoms. The van der Waals surface area contributed by atoms with Gasteiger partial charge in [0.05, 0.1) is 19.1 Å². The highest BCUT2D eigenvalue weighted by molar-refractivity contribution is 5.72. The molecule has 0 radical (unpaired) electrons. The van der Waals surface area contributed by atoms with Crippen molar-refractivity contribution in [2.24, 2.45) is 5.92 Å². The quantitative estimate of drug-likeness (QED) is 0.643. The minimum Gasteiger partial charge on any atom is -0.469 e. The van der Waals surface area contributed by atoms with Crippen LogP contribution in [0.3, 0.4) is 0 Å². The van der Waals surface area contributed by atoms with Gasteiger partial charge >= 0.3 is 5.97 Å². The molecule has 3 heteroatoms. The summed E-state index contributed by atoms with van der Waals surface area (Å²) in [6.07, 6.45) is 3.74. The van der Waals surface area contributed by atoms with Crippen molar-refractivity contribution in [3.05, 3.63) is 0 Å². The second kappa shape index (κ2) is 7.80. The van der Waals surface area contributed by atoms with Gasteiger partial charge in [0, 0.05) is 0 Å². The normalized spacial score (nSPS) is 14.9. The van der Waals surface area contributed by atoms with Crippen LogP contribution in [0.2, 0.25) is 0 Å². The summed E-state index contributed by atoms with van der Waals surface area (Å²) >= 11 is 0. The molecule has 0 aliphatic carbocycles. The predicted molar refractivity (Wildman–Crippen MR) is 55.9 cm³/mol. The molecule has 3 nitrogen and oxygen atoms in total. The van der Waals surface area contributed by atoms with Crippen molar-refractivity contribution in [3.63, 3.8) is 0 Å². The van der Waals surface area contributed by atoms with Gasteiger partial charge < -0.3 is 9.84 Å². The first kappa shape index (κ1) is 13.4. The van der Waals surface area contributed by atoms with E-state index in [9.17, 15) is 9.90 Å². The Balaban J connectivity index is 4.14. The van der Waals surface area contributed by atoms with Crippen LogP contribution in [0.5, 0.6) is 0 Å². The lowest BCUT2D eigenvalue weighted by Crippen LogP contribution is -2.29. The van der Waals surface area contributed by atoms with E-state index >= 15 is 0 Å². The zero-order chi connectivity index (χ0) is 11.0. The van der Waals surface area contributed by atoms with E-state index in [1.165, 1.54) is 7.11 Å². The summed E-state index contributed by atoms with van der Waals surface area (Å²) < 4.78 is 4.68. The summed E-state index contributed by atoms with van der Waals surface area (Å²) in [5, 5.41) is 9.74. The van der Waals surface area contributed by atoms with Crippen molar-refractivity contribution in [1.82, 2.24) is 0 Å². The standard InChI is InChI=1S/C11H22O3/c1-4-6-8-9(11(13)14-3)10(12)7-5-2/h9-10,12H,4-8H2,1-3H3/t9-,10-/m0/s1. The summed E-state index contributed by atoms with van der Waals surface area (Å²) in [6, 6.07) is 0. The zero-order valence-corrected chi connectivity index (χ0v) is 9.45. The lowest BCUT2D eigenvalue weighted by Gasteiger charge is -2.19. The van der Waals surface area contributed by atoms with E-state index in [0.29, 0.717) is 6.42 Å². The molecule has 0 saturated heterocycles. The Morgan fingerprint density at radius 3 is 2.36 bits per heavy atom. The molecule has 0 unspecified atom stereocenters. The average Bonchev–Trinajstić information content (AvgIpc) is 2.18. The Bertz CT molecular complexity index is 157. The number of methoxy groups -OCH3 is 1. The van der Waals surface area contributed by atoms with Crippen molar-refractivity contribution < 1.29 is 14.6 Å². The number of carbonyl (C=O) groups excluding carboxylic acids is 1. The number of esters is 1. The molecular weight excluding hydrogens is 180 g/mol. The van der Waals surface area contributed by atoms with Crippen LogP contribution in [-0.2, 0) is 9.53 Å². The first-order chi connectivity index (χ1) is 6.67. The van der Waals surface area contributed by atoms with Crippen molar-refractivity contribution in [2.45, 2.75) is 52.1 Å². The van der Waals surface area contributed by atoms with E-state index < -0.39 is 6.10 Å². The molecule has 84 valence electrons. The number of aliphatic hydroxyl groups excluding tert-OH is 1. The molecule has 0 amide bonds. The van der Waals surface area contributed by atoms with Crippen LogP contribution in [0, 0.1) is 5.92 Å². The van der Waals surface area contributed by atoms with Crippen molar-refractivity contribution in [3.8, 4) is 0 Å². The van der Waals surface area contributed by atoms with E-state index in [1.54, 1.807) is 0 Å². The summed E-state index contributed by atoms with van der Waals surface area (Å²) in [6.45, 7) is 4.07. The minimum atomic E-state index is -0.543. The van der Waals surface area contributed by atoms with Gasteiger partial charge in [0.15, 0.2) is 0 Å². The topological polar surface area (TPSA) is 46.5 Å². The van der Waals surface area contributed by atoms with Gasteiger partial charge in [-0.05, 0) is 12.8 Å². The Kier molecular flexibility index (Phi) is 7.48. The van der Waals surface area contributed by atoms with Crippen molar-refractivity contribution in [2.75, 3.05) is 7.11 Å². The van der Waals surface area contributed by atoms with E-state index in [1.807, 2.05) is 6.92 Å². The Morgan fingerprint density at radius 2 is 1.93 bits per heavy atom. The highest BCUT2D eigenvalue weighted by Gasteiger charge is 2.26. The molecular formula is C11H22O3. The Labute approximate surface area is 86.5 Å². The summed E-state index contributed by atoms with van der Waals surface area (Å²) in [5.74, 6) is -0.612. The lowest BCUT2D eigenvalue weighted by atomic mass is 9.93. The van der Waals surface area contributed by atoms with E-state index in [4.69, 9.17) is 0 Å². The number of ether oxygens (including phenoxy) is 1. The van der Waals surface area contributed by atoms with Gasteiger partial charge in [-0.25, -0.2) is 0 Å². The number of hydrogen-bond donors (Lipinski definition) is 1. The third-order valence-electron chi connectivity index (χ3n) is 2.42. The smallest absolute Gasteiger partial charge is 0.311 e. The molecule has 0 aromatic heterocycles. The van der Waals surface area contributed by atoms with E-state index in [-0.39, 0.29) is 11.9 Å². The predicted octanol–water partition coefficient (Wildman–Crippen LogP) is 2.13. The SMILES string of the molecule is CCCC[C@H](C(=O)OC)[C@@H](O)CCC. The average molecular weight is 202 g/mol. The third-order valence-corrected chi connectivity index (χ3v) is 2.42. The fourth-order valence-corrected chi connectivity index (χ4v) is 1.54. The first-order valence-electron chi connectivity index (χ1n) is 5.43. The molecule has 0 saturated carbocycles. The molecule has 0 aliphatic heterocycles. The van der Waals surface area contributed by atoms with Crippen molar-refractivity contribution in [1.29, 1.82) is 0 Å². The second-order valence-electron chi connectivity index (χ2n) is 3.63. The van der Waals surface area contributed by atoms with E-state index in [2.05, 4.69) is 11.7 Å². The highest BCUT2D eigenvalue weighted by atomic mass is 16.5. The number of rotatable bonds is 7. The largest absolute Gasteiger partial charge is 0.469 e. The van der Waals surface area contributed by atoms with Crippen LogP contribution in [-0.4, -0.2) is 24.3 Å². The van der Waals surface area contributed by atoms with Gasteiger partial charge in [0.25, 0.3) is 0 Å². The van der Waals surface area contributed by atoms with Gasteiger partial charge in [-0.2, -0.15) is 0 Å². The minimum absolute atomic E-state index is 0.278. The summed E-state index contributed by atoms with van der Waals surface area (Å²) in [4.78, 5) is 11.4. The molecule has 0 fully saturated rings. The van der Waals surface area contributed by atoms with E-state index in [0.717, 1.165) is 25.7 Å². The molecule has 0 aromatic rings. The van der Waals surface area contributed by atoms with Crippen LogP contribution < -0.4 is 0 Å². The monoisotopic (exact) mass is 202 g/mol. The van der Waals surface area contributed by atoms with Crippen LogP contribution in [0.15, 0.2) is 0 Å². The maximum Gasteiger partial charge on any atom is 0.311 e. The fourth-order valence-electron chi connectivity index (χ4n) is 1.54. The molecule has 14 heavy (non-hydrogen) atoms. The van der Waals surface area contributed by atoms with Crippen LogP contribution in [0.4, 0.5) is 0 Å². The third kappa shape index (κ3) is 4.61. The zero-order valence-electron chi connectivity index (χ0n) is 9.45. The van der Waals surface area contributed by atoms with Crippen molar-refractivity contribution >= 4 is 5.97 Å². The fraction of sp³-hybridized carbons (Fsp3) is 0.909. The lowest BCUT2D eigenvalue weighted by molar-refractivity contribution is -0.150. The van der Waals surface area contributed by atoms with Crippen LogP contribution in [0.25, 0.3) is 0 Å². The Hall–Kier alpha value is -0.570. The number of aliphatic hydroxyl groups is 1. The van der Waals surface area contributed by atoms with Gasteiger partial charge in [-0.15, -0.1) is 0 Å². The van der Waals surface area contributed by atoms with Crippen LogP contribution in [0.1, 0.15) is 46.0 Å². The van der Waals surface area contributed by atoms with Gasteiger partial charge in [0.1, 0.15) is 0 Å². The maximum absolute atomic E-state index is 11.4. The molecule has 0 heterocycles. The second-order valence-corrected chi connectivity index (χ2v) is 3.63. The van der Waals surface area contributed by atoms with Crippen LogP contribution >= 0.6 is 0 Å². The first-order valence-corrected chi connectivity index (χ1v) is 5.43.